The van der Waals surface area contributed by atoms with Gasteiger partial charge in [0.1, 0.15) is 0 Å². The first-order chi connectivity index (χ1) is 24.6. The Hall–Kier alpha value is -2.90. The molecule has 278 valence electrons. The number of amides is 4. The molecule has 4 amide bonds. The molecule has 2 rings (SSSR count). The zero-order chi connectivity index (χ0) is 35.7. The zero-order valence-corrected chi connectivity index (χ0v) is 31.9. The molecule has 0 aliphatic heterocycles. The summed E-state index contributed by atoms with van der Waals surface area (Å²) < 4.78 is 0. The Morgan fingerprint density at radius 3 is 1.12 bits per heavy atom. The average molecular weight is 727 g/mol. The molecule has 10 heteroatoms. The molecule has 0 spiro atoms. The monoisotopic (exact) mass is 726 g/mol. The number of carbonyl (C=O) groups excluding carboxylic acids is 4. The first-order valence-electron chi connectivity index (χ1n) is 19.2. The molecule has 0 heterocycles. The van der Waals surface area contributed by atoms with E-state index in [1.54, 1.807) is 45.9 Å². The zero-order valence-electron chi connectivity index (χ0n) is 30.3. The van der Waals surface area contributed by atoms with Crippen LogP contribution in [-0.2, 0) is 19.2 Å². The van der Waals surface area contributed by atoms with Crippen molar-refractivity contribution in [3.63, 3.8) is 0 Å². The summed E-state index contributed by atoms with van der Waals surface area (Å²) in [4.78, 5) is 47.8. The van der Waals surface area contributed by atoms with E-state index in [1.807, 2.05) is 12.2 Å². The van der Waals surface area contributed by atoms with Gasteiger partial charge in [-0.1, -0.05) is 124 Å². The molecular weight excluding hydrogens is 665 g/mol. The van der Waals surface area contributed by atoms with E-state index in [1.165, 1.54) is 64.2 Å². The third kappa shape index (κ3) is 24.3. The van der Waals surface area contributed by atoms with Crippen molar-refractivity contribution < 1.29 is 19.2 Å². The highest BCUT2D eigenvalue weighted by atomic mass is 33.1. The topological polar surface area (TPSA) is 116 Å². The van der Waals surface area contributed by atoms with Gasteiger partial charge in [-0.25, -0.2) is 0 Å². The van der Waals surface area contributed by atoms with Crippen LogP contribution in [-0.4, -0.2) is 61.3 Å². The van der Waals surface area contributed by atoms with Crippen LogP contribution in [0.2, 0.25) is 0 Å². The van der Waals surface area contributed by atoms with Gasteiger partial charge in [0.25, 0.3) is 11.8 Å². The Kier molecular flexibility index (Phi) is 26.7. The third-order valence-electron chi connectivity index (χ3n) is 8.52. The van der Waals surface area contributed by atoms with Crippen molar-refractivity contribution in [2.45, 2.75) is 128 Å². The summed E-state index contributed by atoms with van der Waals surface area (Å²) in [5, 5.41) is 11.9. The number of unbranched alkanes of at least 4 members (excludes halogenated alkanes) is 16. The lowest BCUT2D eigenvalue weighted by Crippen LogP contribution is -2.26. The highest BCUT2D eigenvalue weighted by Gasteiger charge is 2.07. The van der Waals surface area contributed by atoms with Gasteiger partial charge in [0.15, 0.2) is 0 Å². The minimum atomic E-state index is -0.0337. The highest BCUT2D eigenvalue weighted by molar-refractivity contribution is 8.76. The first kappa shape index (κ1) is 43.3. The van der Waals surface area contributed by atoms with Crippen LogP contribution < -0.4 is 21.3 Å². The van der Waals surface area contributed by atoms with Crippen LogP contribution in [0.15, 0.2) is 59.1 Å². The van der Waals surface area contributed by atoms with Gasteiger partial charge in [-0.15, -0.1) is 11.5 Å². The molecule has 0 bridgehead atoms. The van der Waals surface area contributed by atoms with Crippen LogP contribution in [0, 0.1) is 0 Å². The minimum absolute atomic E-state index is 0.0337. The normalized spacial score (nSPS) is 12.6. The molecule has 0 aromatic heterocycles. The maximum Gasteiger partial charge on any atom is 0.259 e. The number of nitrogens with one attached hydrogen (secondary N) is 4. The molecular formula is C40H62N4O4S2. The molecule has 0 saturated heterocycles. The van der Waals surface area contributed by atoms with Crippen LogP contribution in [0.1, 0.15) is 128 Å². The van der Waals surface area contributed by atoms with E-state index in [4.69, 9.17) is 0 Å². The molecule has 4 N–H and O–H groups in total. The maximum absolute atomic E-state index is 12.1. The second-order valence-electron chi connectivity index (χ2n) is 12.9. The van der Waals surface area contributed by atoms with Crippen molar-refractivity contribution in [1.29, 1.82) is 0 Å². The van der Waals surface area contributed by atoms with E-state index in [0.29, 0.717) is 37.1 Å². The first-order valence-corrected chi connectivity index (χ1v) is 21.7. The molecule has 50 heavy (non-hydrogen) atoms. The second kappa shape index (κ2) is 30.9. The summed E-state index contributed by atoms with van der Waals surface area (Å²) in [5.74, 6) is 1.97. The summed E-state index contributed by atoms with van der Waals surface area (Å²) in [6.07, 6.45) is 32.6. The Balaban J connectivity index is 1.21. The van der Waals surface area contributed by atoms with Crippen molar-refractivity contribution in [3.05, 3.63) is 59.1 Å². The van der Waals surface area contributed by atoms with Crippen LogP contribution >= 0.6 is 21.6 Å². The number of rotatable bonds is 33. The van der Waals surface area contributed by atoms with Gasteiger partial charge in [0.05, 0.1) is 11.1 Å². The Bertz CT molecular complexity index is 1110. The third-order valence-corrected chi connectivity index (χ3v) is 10.9. The van der Waals surface area contributed by atoms with E-state index in [9.17, 15) is 19.2 Å². The van der Waals surface area contributed by atoms with Crippen LogP contribution in [0.3, 0.4) is 0 Å². The predicted octanol–water partition coefficient (Wildman–Crippen LogP) is 7.94. The van der Waals surface area contributed by atoms with E-state index in [-0.39, 0.29) is 23.6 Å². The summed E-state index contributed by atoms with van der Waals surface area (Å²) in [7, 11) is 3.49. The lowest BCUT2D eigenvalue weighted by Gasteiger charge is -2.07. The van der Waals surface area contributed by atoms with Crippen molar-refractivity contribution in [2.24, 2.45) is 0 Å². The van der Waals surface area contributed by atoms with Gasteiger partial charge >= 0.3 is 0 Å². The Labute approximate surface area is 309 Å². The van der Waals surface area contributed by atoms with E-state index in [0.717, 1.165) is 76.0 Å². The standard InChI is InChI=1S/C40H62N4O4S2/c45-37(27-15-11-7-3-1-5-9-13-21-29-43-39(47)35-23-17-18-24-35)41-31-33-49-50-34-32-42-38(46)28-16-12-8-4-2-6-10-14-22-30-44-40(48)36-25-19-20-26-36/h17-20,23,25H,1-16,21-22,27-34H2,(H,41,45)(H,42,46)(H,43,47)(H,44,48). The van der Waals surface area contributed by atoms with Gasteiger partial charge < -0.3 is 21.3 Å². The van der Waals surface area contributed by atoms with Crippen LogP contribution in [0.4, 0.5) is 0 Å². The Morgan fingerprint density at radius 1 is 0.440 bits per heavy atom. The fourth-order valence-electron chi connectivity index (χ4n) is 5.59. The summed E-state index contributed by atoms with van der Waals surface area (Å²) in [6.45, 7) is 2.83. The maximum atomic E-state index is 12.1. The van der Waals surface area contributed by atoms with Gasteiger partial charge in [0.2, 0.25) is 11.8 Å². The number of allylic oxidation sites excluding steroid dienone is 2. The lowest BCUT2D eigenvalue weighted by molar-refractivity contribution is -0.121. The van der Waals surface area contributed by atoms with Gasteiger partial charge in [-0.2, -0.15) is 0 Å². The van der Waals surface area contributed by atoms with Crippen molar-refractivity contribution in [2.75, 3.05) is 37.7 Å². The molecule has 0 fully saturated rings. The van der Waals surface area contributed by atoms with Gasteiger partial charge in [-0.3, -0.25) is 19.2 Å². The molecule has 0 atom stereocenters. The molecule has 2 aliphatic carbocycles. The molecule has 2 aliphatic rings. The van der Waals surface area contributed by atoms with Crippen LogP contribution in [0.5, 0.6) is 0 Å². The van der Waals surface area contributed by atoms with Crippen molar-refractivity contribution in [1.82, 2.24) is 21.3 Å². The Morgan fingerprint density at radius 2 is 0.780 bits per heavy atom. The number of hydrogen-bond donors (Lipinski definition) is 4. The van der Waals surface area contributed by atoms with Gasteiger partial charge in [-0.05, 0) is 50.0 Å². The summed E-state index contributed by atoms with van der Waals surface area (Å²) in [6, 6.07) is 0. The van der Waals surface area contributed by atoms with Crippen LogP contribution in [0.25, 0.3) is 0 Å². The summed E-state index contributed by atoms with van der Waals surface area (Å²) >= 11 is 0. The van der Waals surface area contributed by atoms with Crippen molar-refractivity contribution >= 4 is 45.2 Å². The molecule has 0 aromatic carbocycles. The fraction of sp³-hybridized carbons (Fsp3) is 0.650. The minimum Gasteiger partial charge on any atom is -0.355 e. The lowest BCUT2D eigenvalue weighted by atomic mass is 10.1. The molecule has 0 saturated carbocycles. The predicted molar refractivity (Wildman–Crippen MR) is 211 cm³/mol. The molecule has 0 radical (unpaired) electrons. The number of carbonyl (C=O) groups is 4. The quantitative estimate of drug-likeness (QED) is 0.0310. The number of hydrogen-bond acceptors (Lipinski definition) is 6. The van der Waals surface area contributed by atoms with E-state index >= 15 is 0 Å². The highest BCUT2D eigenvalue weighted by Crippen LogP contribution is 2.19. The molecule has 0 aromatic rings. The largest absolute Gasteiger partial charge is 0.355 e. The smallest absolute Gasteiger partial charge is 0.259 e. The average Bonchev–Trinajstić information content (AvgIpc) is 3.86. The fourth-order valence-corrected chi connectivity index (χ4v) is 7.41. The van der Waals surface area contributed by atoms with Crippen molar-refractivity contribution in [3.8, 4) is 0 Å². The van der Waals surface area contributed by atoms with Gasteiger partial charge in [0, 0.05) is 50.5 Å². The molecule has 0 unspecified atom stereocenters. The SMILES string of the molecule is O=C(CCCCCCCCCCCNC(=O)C1=C=CC=C1)NCCSSCCNC(=O)CCCCCCCCCCCNC(=O)C1=C=CC=C1. The second-order valence-corrected chi connectivity index (χ2v) is 15.6. The van der Waals surface area contributed by atoms with E-state index in [2.05, 4.69) is 32.7 Å². The van der Waals surface area contributed by atoms with E-state index < -0.39 is 0 Å². The molecule has 8 nitrogen and oxygen atoms in total. The summed E-state index contributed by atoms with van der Waals surface area (Å²) in [5.41, 5.74) is 7.07.